The van der Waals surface area contributed by atoms with Crippen LogP contribution < -0.4 is 0 Å². The molecule has 3 heteroatoms. The fourth-order valence-electron chi connectivity index (χ4n) is 8.89. The monoisotopic (exact) mass is 718 g/mol. The van der Waals surface area contributed by atoms with Gasteiger partial charge >= 0.3 is 0 Å². The summed E-state index contributed by atoms with van der Waals surface area (Å²) >= 11 is 1.86. The molecule has 55 heavy (non-hydrogen) atoms. The Hall–Kier alpha value is -6.94. The van der Waals surface area contributed by atoms with E-state index in [1.807, 2.05) is 17.4 Å². The SMILES string of the molecule is c1ccc(-c2oc3c(ccc4oc5ccc(-c6c7ccccc7c(-c7ccc8sc9ccccc9c8c7)c7ccccc67)cc5c43)c2-c2ccccc2)cc1. The van der Waals surface area contributed by atoms with Gasteiger partial charge in [-0.2, -0.15) is 0 Å². The molecule has 256 valence electrons. The molecule has 12 rings (SSSR count). The van der Waals surface area contributed by atoms with Gasteiger partial charge in [-0.15, -0.1) is 11.3 Å². The van der Waals surface area contributed by atoms with Gasteiger partial charge in [-0.25, -0.2) is 0 Å². The summed E-state index contributed by atoms with van der Waals surface area (Å²) in [5.74, 6) is 0.862. The average molecular weight is 719 g/mol. The molecule has 12 aromatic rings. The van der Waals surface area contributed by atoms with Crippen LogP contribution in [0.3, 0.4) is 0 Å². The summed E-state index contributed by atoms with van der Waals surface area (Å²) in [6.07, 6.45) is 0. The van der Waals surface area contributed by atoms with Crippen molar-refractivity contribution in [2.24, 2.45) is 0 Å². The number of benzene rings is 9. The smallest absolute Gasteiger partial charge is 0.147 e. The lowest BCUT2D eigenvalue weighted by Crippen LogP contribution is -1.90. The molecule has 0 amide bonds. The van der Waals surface area contributed by atoms with E-state index in [-0.39, 0.29) is 0 Å². The summed E-state index contributed by atoms with van der Waals surface area (Å²) in [7, 11) is 0. The molecular formula is C52H30O2S. The summed E-state index contributed by atoms with van der Waals surface area (Å²) in [5.41, 5.74) is 10.6. The van der Waals surface area contributed by atoms with Crippen molar-refractivity contribution in [3.05, 3.63) is 182 Å². The van der Waals surface area contributed by atoms with Crippen LogP contribution in [0.15, 0.2) is 191 Å². The minimum Gasteiger partial charge on any atom is -0.456 e. The molecule has 0 N–H and O–H groups in total. The van der Waals surface area contributed by atoms with Crippen LogP contribution >= 0.6 is 11.3 Å². The first kappa shape index (κ1) is 30.5. The first-order valence-electron chi connectivity index (χ1n) is 18.7. The van der Waals surface area contributed by atoms with E-state index in [2.05, 4.69) is 176 Å². The van der Waals surface area contributed by atoms with E-state index in [4.69, 9.17) is 8.83 Å². The third-order valence-corrected chi connectivity index (χ3v) is 12.4. The van der Waals surface area contributed by atoms with Crippen molar-refractivity contribution >= 4 is 86.0 Å². The Balaban J connectivity index is 1.13. The summed E-state index contributed by atoms with van der Waals surface area (Å²) < 4.78 is 16.2. The zero-order chi connectivity index (χ0) is 36.0. The summed E-state index contributed by atoms with van der Waals surface area (Å²) in [5, 5.41) is 10.6. The maximum absolute atomic E-state index is 6.96. The Morgan fingerprint density at radius 2 is 0.836 bits per heavy atom. The normalized spacial score (nSPS) is 12.0. The molecule has 3 heterocycles. The molecule has 0 radical (unpaired) electrons. The van der Waals surface area contributed by atoms with Gasteiger partial charge in [0.05, 0.1) is 5.39 Å². The molecule has 9 aromatic carbocycles. The molecule has 3 aromatic heterocycles. The number of rotatable bonds is 4. The first-order chi connectivity index (χ1) is 27.3. The van der Waals surface area contributed by atoms with Crippen LogP contribution in [-0.2, 0) is 0 Å². The topological polar surface area (TPSA) is 26.3 Å². The minimum atomic E-state index is 0.814. The number of hydrogen-bond acceptors (Lipinski definition) is 3. The van der Waals surface area contributed by atoms with E-state index < -0.39 is 0 Å². The van der Waals surface area contributed by atoms with E-state index in [0.717, 1.165) is 60.9 Å². The van der Waals surface area contributed by atoms with Crippen molar-refractivity contribution in [3.8, 4) is 44.7 Å². The van der Waals surface area contributed by atoms with Gasteiger partial charge in [0.25, 0.3) is 0 Å². The van der Waals surface area contributed by atoms with Crippen LogP contribution in [0.25, 0.3) is 119 Å². The van der Waals surface area contributed by atoms with E-state index in [1.165, 1.54) is 58.4 Å². The standard InChI is InChI=1S/C52H30O2S/c1-3-13-31(14-4-1)49-40-25-27-44-50(52(40)54-51(49)32-15-5-2-6-16-32)42-30-33(23-26-43(42)53-44)47-36-18-7-9-20-38(36)48(39-21-10-8-19-37(39)47)34-24-28-46-41(29-34)35-17-11-12-22-45(35)55-46/h1-30H. The molecule has 0 fully saturated rings. The van der Waals surface area contributed by atoms with Gasteiger partial charge in [-0.3, -0.25) is 0 Å². The molecule has 0 atom stereocenters. The molecule has 2 nitrogen and oxygen atoms in total. The predicted molar refractivity (Wildman–Crippen MR) is 233 cm³/mol. The molecule has 0 aliphatic heterocycles. The first-order valence-corrected chi connectivity index (χ1v) is 19.5. The van der Waals surface area contributed by atoms with Gasteiger partial charge in [-0.05, 0) is 91.8 Å². The Bertz CT molecular complexity index is 3420. The van der Waals surface area contributed by atoms with Gasteiger partial charge in [0.2, 0.25) is 0 Å². The van der Waals surface area contributed by atoms with Crippen molar-refractivity contribution in [2.75, 3.05) is 0 Å². The predicted octanol–water partition coefficient (Wildman–Crippen LogP) is 15.7. The lowest BCUT2D eigenvalue weighted by molar-refractivity contribution is 0.634. The van der Waals surface area contributed by atoms with Crippen molar-refractivity contribution in [1.29, 1.82) is 0 Å². The molecule has 0 aliphatic rings. The van der Waals surface area contributed by atoms with Gasteiger partial charge in [0.15, 0.2) is 0 Å². The number of thiophene rings is 1. The lowest BCUT2D eigenvalue weighted by atomic mass is 9.85. The zero-order valence-corrected chi connectivity index (χ0v) is 30.4. The van der Waals surface area contributed by atoms with Gasteiger partial charge in [0.1, 0.15) is 22.5 Å². The number of hydrogen-bond donors (Lipinski definition) is 0. The molecule has 0 spiro atoms. The molecule has 0 bridgehead atoms. The minimum absolute atomic E-state index is 0.814. The van der Waals surface area contributed by atoms with Crippen LogP contribution in [0.4, 0.5) is 0 Å². The van der Waals surface area contributed by atoms with Crippen molar-refractivity contribution in [2.45, 2.75) is 0 Å². The van der Waals surface area contributed by atoms with Crippen molar-refractivity contribution in [1.82, 2.24) is 0 Å². The van der Waals surface area contributed by atoms with Crippen LogP contribution in [-0.4, -0.2) is 0 Å². The Kier molecular flexibility index (Phi) is 6.54. The summed E-state index contributed by atoms with van der Waals surface area (Å²) in [4.78, 5) is 0. The highest BCUT2D eigenvalue weighted by molar-refractivity contribution is 7.25. The zero-order valence-electron chi connectivity index (χ0n) is 29.5. The largest absolute Gasteiger partial charge is 0.456 e. The lowest BCUT2D eigenvalue weighted by Gasteiger charge is -2.18. The molecule has 0 saturated carbocycles. The van der Waals surface area contributed by atoms with Crippen molar-refractivity contribution < 1.29 is 8.83 Å². The van der Waals surface area contributed by atoms with Gasteiger partial charge in [0, 0.05) is 42.1 Å². The van der Waals surface area contributed by atoms with E-state index >= 15 is 0 Å². The van der Waals surface area contributed by atoms with Crippen LogP contribution in [0.1, 0.15) is 0 Å². The highest BCUT2D eigenvalue weighted by Gasteiger charge is 2.23. The van der Waals surface area contributed by atoms with E-state index in [1.54, 1.807) is 0 Å². The fourth-order valence-corrected chi connectivity index (χ4v) is 9.97. The number of fused-ring (bicyclic) bond motifs is 10. The fraction of sp³-hybridized carbons (Fsp3) is 0. The average Bonchev–Trinajstić information content (AvgIpc) is 3.94. The van der Waals surface area contributed by atoms with Gasteiger partial charge in [-0.1, -0.05) is 140 Å². The second kappa shape index (κ2) is 11.8. The quantitative estimate of drug-likeness (QED) is 0.169. The van der Waals surface area contributed by atoms with E-state index in [9.17, 15) is 0 Å². The summed E-state index contributed by atoms with van der Waals surface area (Å²) in [6.45, 7) is 0. The third-order valence-electron chi connectivity index (χ3n) is 11.3. The molecule has 0 saturated heterocycles. The number of furan rings is 2. The van der Waals surface area contributed by atoms with Crippen LogP contribution in [0.2, 0.25) is 0 Å². The van der Waals surface area contributed by atoms with Crippen molar-refractivity contribution in [3.63, 3.8) is 0 Å². The molecule has 0 unspecified atom stereocenters. The third kappa shape index (κ3) is 4.54. The second-order valence-electron chi connectivity index (χ2n) is 14.3. The second-order valence-corrected chi connectivity index (χ2v) is 15.4. The Morgan fingerprint density at radius 3 is 1.51 bits per heavy atom. The maximum Gasteiger partial charge on any atom is 0.147 e. The highest BCUT2D eigenvalue weighted by atomic mass is 32.1. The van der Waals surface area contributed by atoms with Crippen LogP contribution in [0, 0.1) is 0 Å². The van der Waals surface area contributed by atoms with E-state index in [0.29, 0.717) is 0 Å². The maximum atomic E-state index is 6.96. The Labute approximate surface area is 320 Å². The van der Waals surface area contributed by atoms with Gasteiger partial charge < -0.3 is 8.83 Å². The highest BCUT2D eigenvalue weighted by Crippen LogP contribution is 2.48. The Morgan fingerprint density at radius 1 is 0.309 bits per heavy atom. The van der Waals surface area contributed by atoms with Crippen LogP contribution in [0.5, 0.6) is 0 Å². The molecule has 0 aliphatic carbocycles. The summed E-state index contributed by atoms with van der Waals surface area (Å²) in [6, 6.07) is 65.4. The molecular weight excluding hydrogens is 689 g/mol.